The van der Waals surface area contributed by atoms with E-state index in [0.717, 1.165) is 11.1 Å². The summed E-state index contributed by atoms with van der Waals surface area (Å²) in [6, 6.07) is 9.92. The van der Waals surface area contributed by atoms with Gasteiger partial charge >= 0.3 is 12.4 Å². The van der Waals surface area contributed by atoms with Crippen LogP contribution in [-0.2, 0) is 21.9 Å². The maximum absolute atomic E-state index is 13.8. The largest absolute Gasteiger partial charge is 0.416 e. The molecule has 0 radical (unpaired) electrons. The molecule has 4 nitrogen and oxygen atoms in total. The van der Waals surface area contributed by atoms with Crippen molar-refractivity contribution in [2.24, 2.45) is 0 Å². The Morgan fingerprint density at radius 2 is 1.62 bits per heavy atom. The van der Waals surface area contributed by atoms with Crippen LogP contribution in [0.5, 0.6) is 0 Å². The summed E-state index contributed by atoms with van der Waals surface area (Å²) in [5.41, 5.74) is -1.09. The van der Waals surface area contributed by atoms with Crippen molar-refractivity contribution < 1.29 is 40.3 Å². The maximum atomic E-state index is 13.8. The molecule has 1 saturated heterocycles. The average Bonchev–Trinajstić information content (AvgIpc) is 3.26. The summed E-state index contributed by atoms with van der Waals surface area (Å²) < 4.78 is 101. The molecule has 40 heavy (non-hydrogen) atoms. The number of carbonyl (C=O) groups is 1. The lowest BCUT2D eigenvalue weighted by Gasteiger charge is -2.31. The van der Waals surface area contributed by atoms with Crippen molar-refractivity contribution in [2.45, 2.75) is 49.9 Å². The Hall–Kier alpha value is -3.73. The van der Waals surface area contributed by atoms with E-state index in [1.54, 1.807) is 23.4 Å². The van der Waals surface area contributed by atoms with Crippen LogP contribution < -0.4 is 0 Å². The highest BCUT2D eigenvalue weighted by Gasteiger charge is 2.47. The van der Waals surface area contributed by atoms with Crippen molar-refractivity contribution in [2.75, 3.05) is 6.54 Å². The molecular formula is C29H23F7N2O2. The van der Waals surface area contributed by atoms with Crippen molar-refractivity contribution in [3.05, 3.63) is 107 Å². The minimum Gasteiger partial charge on any atom is -0.368 e. The number of alkyl halides is 6. The first kappa shape index (κ1) is 27.8. The van der Waals surface area contributed by atoms with Crippen molar-refractivity contribution in [3.63, 3.8) is 0 Å². The third-order valence-corrected chi connectivity index (χ3v) is 7.28. The van der Waals surface area contributed by atoms with Crippen LogP contribution >= 0.6 is 0 Å². The standard InChI is InChI=1S/C29H23F7N2O2/c1-16(19-9-21(28(31,32)33)13-22(10-19)29(34,35)36)40-25-15-38-24(27(25)17-4-6-23(30)7-5-17)11-20(12-26(38)39)18-3-2-8-37-14-18/h2-11,13-14,16,24-25,27H,12,15H2,1H3/t16-,24?,25?,27+/m1/s1. The number of aromatic nitrogens is 1. The quantitative estimate of drug-likeness (QED) is 0.308. The van der Waals surface area contributed by atoms with Crippen LogP contribution in [0, 0.1) is 5.82 Å². The Bertz CT molecular complexity index is 1390. The van der Waals surface area contributed by atoms with Gasteiger partial charge in [-0.2, -0.15) is 26.3 Å². The van der Waals surface area contributed by atoms with Crippen molar-refractivity contribution in [3.8, 4) is 0 Å². The summed E-state index contributed by atoms with van der Waals surface area (Å²) in [5.74, 6) is -1.26. The SMILES string of the molecule is C[C@@H](OC1CN2C(=O)CC(c3cccnc3)=CC2[C@@H]1c1ccc(F)cc1)c1cc(C(F)(F)F)cc(C(F)(F)F)c1. The van der Waals surface area contributed by atoms with Crippen molar-refractivity contribution in [1.82, 2.24) is 9.88 Å². The first-order valence-electron chi connectivity index (χ1n) is 12.4. The third-order valence-electron chi connectivity index (χ3n) is 7.28. The number of pyridine rings is 1. The zero-order valence-corrected chi connectivity index (χ0v) is 21.0. The molecule has 0 saturated carbocycles. The number of halogens is 7. The average molecular weight is 565 g/mol. The lowest BCUT2D eigenvalue weighted by molar-refractivity contribution is -0.143. The predicted octanol–water partition coefficient (Wildman–Crippen LogP) is 7.19. The summed E-state index contributed by atoms with van der Waals surface area (Å²) in [6.45, 7) is 1.42. The number of ether oxygens (including phenoxy) is 1. The molecular weight excluding hydrogens is 541 g/mol. The molecule has 2 aromatic carbocycles. The molecule has 3 heterocycles. The molecule has 4 atom stereocenters. The fourth-order valence-corrected chi connectivity index (χ4v) is 5.36. The van der Waals surface area contributed by atoms with Gasteiger partial charge in [0.25, 0.3) is 0 Å². The number of amides is 1. The second-order valence-electron chi connectivity index (χ2n) is 9.88. The maximum Gasteiger partial charge on any atom is 0.416 e. The van der Waals surface area contributed by atoms with Gasteiger partial charge in [-0.05, 0) is 65.6 Å². The monoisotopic (exact) mass is 564 g/mol. The van der Waals surface area contributed by atoms with E-state index in [2.05, 4.69) is 4.98 Å². The zero-order valence-electron chi connectivity index (χ0n) is 21.0. The van der Waals surface area contributed by atoms with Gasteiger partial charge in [0.2, 0.25) is 5.91 Å². The van der Waals surface area contributed by atoms with E-state index in [-0.39, 0.29) is 30.5 Å². The molecule has 210 valence electrons. The van der Waals surface area contributed by atoms with Crippen LogP contribution in [-0.4, -0.2) is 34.5 Å². The van der Waals surface area contributed by atoms with Gasteiger partial charge in [0.15, 0.2) is 0 Å². The Balaban J connectivity index is 1.52. The summed E-state index contributed by atoms with van der Waals surface area (Å²) in [5, 5.41) is 0. The van der Waals surface area contributed by atoms with Crippen molar-refractivity contribution in [1.29, 1.82) is 0 Å². The zero-order chi connectivity index (χ0) is 28.8. The van der Waals surface area contributed by atoms with Gasteiger partial charge in [-0.3, -0.25) is 9.78 Å². The topological polar surface area (TPSA) is 42.4 Å². The van der Waals surface area contributed by atoms with E-state index in [1.165, 1.54) is 31.2 Å². The normalized spacial score (nSPS) is 22.2. The van der Waals surface area contributed by atoms with E-state index in [0.29, 0.717) is 17.7 Å². The molecule has 1 aromatic heterocycles. The molecule has 1 fully saturated rings. The van der Waals surface area contributed by atoms with E-state index in [4.69, 9.17) is 4.74 Å². The molecule has 0 spiro atoms. The summed E-state index contributed by atoms with van der Waals surface area (Å²) >= 11 is 0. The number of benzene rings is 2. The first-order chi connectivity index (χ1) is 18.8. The first-order valence-corrected chi connectivity index (χ1v) is 12.4. The van der Waals surface area contributed by atoms with Gasteiger partial charge in [-0.15, -0.1) is 0 Å². The van der Waals surface area contributed by atoms with E-state index in [9.17, 15) is 35.5 Å². The second kappa shape index (κ2) is 10.3. The smallest absolute Gasteiger partial charge is 0.368 e. The van der Waals surface area contributed by atoms with E-state index in [1.807, 2.05) is 12.1 Å². The third kappa shape index (κ3) is 5.60. The minimum atomic E-state index is -5.00. The van der Waals surface area contributed by atoms with Crippen LogP contribution in [0.1, 0.15) is 53.2 Å². The Kier molecular flexibility index (Phi) is 7.20. The van der Waals surface area contributed by atoms with Gasteiger partial charge in [0.05, 0.1) is 35.8 Å². The number of carbonyl (C=O) groups excluding carboxylic acids is 1. The molecule has 5 rings (SSSR count). The van der Waals surface area contributed by atoms with Gasteiger partial charge in [-0.1, -0.05) is 24.3 Å². The fraction of sp³-hybridized carbons (Fsp3) is 0.310. The Morgan fingerprint density at radius 3 is 2.20 bits per heavy atom. The molecule has 0 bridgehead atoms. The predicted molar refractivity (Wildman–Crippen MR) is 131 cm³/mol. The van der Waals surface area contributed by atoms with Gasteiger partial charge in [0.1, 0.15) is 5.82 Å². The molecule has 2 aliphatic rings. The summed E-state index contributed by atoms with van der Waals surface area (Å²) in [6.07, 6.45) is -6.78. The number of hydrogen-bond donors (Lipinski definition) is 0. The lowest BCUT2D eigenvalue weighted by Crippen LogP contribution is -2.39. The van der Waals surface area contributed by atoms with Gasteiger partial charge in [-0.25, -0.2) is 4.39 Å². The summed E-state index contributed by atoms with van der Waals surface area (Å²) in [7, 11) is 0. The van der Waals surface area contributed by atoms with Gasteiger partial charge in [0, 0.05) is 24.9 Å². The van der Waals surface area contributed by atoms with Crippen LogP contribution in [0.2, 0.25) is 0 Å². The Labute approximate surface area is 225 Å². The molecule has 2 unspecified atom stereocenters. The minimum absolute atomic E-state index is 0.0534. The van der Waals surface area contributed by atoms with Crippen LogP contribution in [0.25, 0.3) is 5.57 Å². The number of fused-ring (bicyclic) bond motifs is 1. The molecule has 0 N–H and O–H groups in total. The fourth-order valence-electron chi connectivity index (χ4n) is 5.36. The number of rotatable bonds is 5. The van der Waals surface area contributed by atoms with Crippen LogP contribution in [0.3, 0.4) is 0 Å². The van der Waals surface area contributed by atoms with Gasteiger partial charge < -0.3 is 9.64 Å². The number of nitrogens with zero attached hydrogens (tertiary/aromatic N) is 2. The number of hydrogen-bond acceptors (Lipinski definition) is 3. The molecule has 3 aromatic rings. The van der Waals surface area contributed by atoms with Crippen LogP contribution in [0.15, 0.2) is 73.1 Å². The summed E-state index contributed by atoms with van der Waals surface area (Å²) in [4.78, 5) is 18.9. The van der Waals surface area contributed by atoms with Crippen molar-refractivity contribution >= 4 is 11.5 Å². The van der Waals surface area contributed by atoms with E-state index < -0.39 is 53.5 Å². The highest BCUT2D eigenvalue weighted by molar-refractivity contribution is 5.92. The molecule has 2 aliphatic heterocycles. The molecule has 11 heteroatoms. The molecule has 0 aliphatic carbocycles. The second-order valence-corrected chi connectivity index (χ2v) is 9.88. The van der Waals surface area contributed by atoms with Crippen LogP contribution in [0.4, 0.5) is 30.7 Å². The highest BCUT2D eigenvalue weighted by atomic mass is 19.4. The Morgan fingerprint density at radius 1 is 0.975 bits per heavy atom. The van der Waals surface area contributed by atoms with E-state index >= 15 is 0 Å². The highest BCUT2D eigenvalue weighted by Crippen LogP contribution is 2.44. The lowest BCUT2D eigenvalue weighted by atomic mass is 9.86. The molecule has 1 amide bonds.